The first-order valence-corrected chi connectivity index (χ1v) is 12.7. The summed E-state index contributed by atoms with van der Waals surface area (Å²) in [7, 11) is -3.93. The van der Waals surface area contributed by atoms with E-state index in [0.717, 1.165) is 28.7 Å². The highest BCUT2D eigenvalue weighted by Gasteiger charge is 2.28. The van der Waals surface area contributed by atoms with Gasteiger partial charge < -0.3 is 5.32 Å². The Labute approximate surface area is 201 Å². The molecule has 0 bridgehead atoms. The summed E-state index contributed by atoms with van der Waals surface area (Å²) in [5.74, 6) is -0.356. The van der Waals surface area contributed by atoms with Crippen molar-refractivity contribution < 1.29 is 13.2 Å². The van der Waals surface area contributed by atoms with Gasteiger partial charge in [-0.25, -0.2) is 8.42 Å². The van der Waals surface area contributed by atoms with Crippen LogP contribution in [0.25, 0.3) is 0 Å². The van der Waals surface area contributed by atoms with Gasteiger partial charge in [-0.3, -0.25) is 9.10 Å². The van der Waals surface area contributed by atoms with Gasteiger partial charge in [-0.2, -0.15) is 0 Å². The Bertz CT molecular complexity index is 1220. The lowest BCUT2D eigenvalue weighted by Crippen LogP contribution is -2.41. The van der Waals surface area contributed by atoms with Crippen molar-refractivity contribution in [2.45, 2.75) is 38.5 Å². The molecule has 1 amide bonds. The Hall–Kier alpha value is -2.83. The van der Waals surface area contributed by atoms with E-state index in [4.69, 9.17) is 11.6 Å². The second-order valence-corrected chi connectivity index (χ2v) is 10.4. The lowest BCUT2D eigenvalue weighted by molar-refractivity contribution is -0.119. The van der Waals surface area contributed by atoms with E-state index in [1.165, 1.54) is 4.31 Å². The number of carbonyl (C=O) groups is 1. The second-order valence-electron chi connectivity index (χ2n) is 8.09. The Morgan fingerprint density at radius 2 is 1.64 bits per heavy atom. The molecule has 0 aliphatic carbocycles. The van der Waals surface area contributed by atoms with Gasteiger partial charge >= 0.3 is 0 Å². The Morgan fingerprint density at radius 1 is 0.939 bits per heavy atom. The van der Waals surface area contributed by atoms with Gasteiger partial charge in [0.25, 0.3) is 10.0 Å². The second kappa shape index (κ2) is 10.9. The smallest absolute Gasteiger partial charge is 0.264 e. The van der Waals surface area contributed by atoms with Crippen LogP contribution >= 0.6 is 11.6 Å². The van der Waals surface area contributed by atoms with E-state index >= 15 is 0 Å². The van der Waals surface area contributed by atoms with Gasteiger partial charge in [0.15, 0.2) is 0 Å². The SMILES string of the molecule is Cc1ccc(S(=O)(=O)N(CC(=O)NCCCc2ccccc2Cl)c2cccc(C)c2C)cc1. The zero-order valence-electron chi connectivity index (χ0n) is 19.1. The fourth-order valence-electron chi connectivity index (χ4n) is 3.54. The van der Waals surface area contributed by atoms with Crippen molar-refractivity contribution in [3.05, 3.63) is 94.0 Å². The molecule has 3 aromatic rings. The molecular formula is C26H29ClN2O3S. The highest BCUT2D eigenvalue weighted by molar-refractivity contribution is 7.92. The van der Waals surface area contributed by atoms with Gasteiger partial charge in [-0.15, -0.1) is 0 Å². The number of hydrogen-bond donors (Lipinski definition) is 1. The van der Waals surface area contributed by atoms with Crippen LogP contribution in [-0.4, -0.2) is 27.4 Å². The molecule has 33 heavy (non-hydrogen) atoms. The number of carbonyl (C=O) groups excluding carboxylic acids is 1. The number of halogens is 1. The van der Waals surface area contributed by atoms with E-state index in [1.807, 2.05) is 51.1 Å². The number of nitrogens with zero attached hydrogens (tertiary/aromatic N) is 1. The monoisotopic (exact) mass is 484 g/mol. The molecule has 0 spiro atoms. The number of rotatable bonds is 9. The predicted molar refractivity (Wildman–Crippen MR) is 134 cm³/mol. The van der Waals surface area contributed by atoms with Crippen LogP contribution in [-0.2, 0) is 21.2 Å². The quantitative estimate of drug-likeness (QED) is 0.424. The molecule has 1 N–H and O–H groups in total. The molecule has 0 fully saturated rings. The first kappa shape index (κ1) is 24.8. The fourth-order valence-corrected chi connectivity index (χ4v) is 5.25. The number of sulfonamides is 1. The van der Waals surface area contributed by atoms with E-state index in [0.29, 0.717) is 23.7 Å². The summed E-state index contributed by atoms with van der Waals surface area (Å²) in [6.07, 6.45) is 1.42. The summed E-state index contributed by atoms with van der Waals surface area (Å²) in [4.78, 5) is 12.9. The molecular weight excluding hydrogens is 456 g/mol. The average Bonchev–Trinajstić information content (AvgIpc) is 2.78. The van der Waals surface area contributed by atoms with Gasteiger partial charge in [0.2, 0.25) is 5.91 Å². The molecule has 3 aromatic carbocycles. The summed E-state index contributed by atoms with van der Waals surface area (Å²) >= 11 is 6.19. The summed E-state index contributed by atoms with van der Waals surface area (Å²) in [5.41, 5.74) is 4.26. The van der Waals surface area contributed by atoms with Crippen LogP contribution in [0.4, 0.5) is 5.69 Å². The maximum absolute atomic E-state index is 13.5. The standard InChI is InChI=1S/C26H29ClN2O3S/c1-19-13-15-23(16-14-19)33(31,32)29(25-12-6-8-20(2)21(25)3)18-26(30)28-17-7-10-22-9-4-5-11-24(22)27/h4-6,8-9,11-16H,7,10,17-18H2,1-3H3,(H,28,30). The molecule has 7 heteroatoms. The first-order chi connectivity index (χ1) is 15.7. The minimum Gasteiger partial charge on any atom is -0.355 e. The van der Waals surface area contributed by atoms with Gasteiger partial charge in [-0.05, 0) is 74.6 Å². The van der Waals surface area contributed by atoms with Gasteiger partial charge in [-0.1, -0.05) is 59.6 Å². The molecule has 0 unspecified atom stereocenters. The maximum Gasteiger partial charge on any atom is 0.264 e. The lowest BCUT2D eigenvalue weighted by atomic mass is 10.1. The third-order valence-corrected chi connectivity index (χ3v) is 7.79. The fraction of sp³-hybridized carbons (Fsp3) is 0.269. The summed E-state index contributed by atoms with van der Waals surface area (Å²) < 4.78 is 28.3. The zero-order chi connectivity index (χ0) is 24.0. The van der Waals surface area contributed by atoms with E-state index in [1.54, 1.807) is 36.4 Å². The maximum atomic E-state index is 13.5. The van der Waals surface area contributed by atoms with Gasteiger partial charge in [0.05, 0.1) is 10.6 Å². The number of nitrogens with one attached hydrogen (secondary N) is 1. The van der Waals surface area contributed by atoms with E-state index in [2.05, 4.69) is 5.32 Å². The van der Waals surface area contributed by atoms with Crippen LogP contribution in [0.15, 0.2) is 71.6 Å². The van der Waals surface area contributed by atoms with Gasteiger partial charge in [0.1, 0.15) is 6.54 Å². The van der Waals surface area contributed by atoms with E-state index in [-0.39, 0.29) is 17.3 Å². The first-order valence-electron chi connectivity index (χ1n) is 10.9. The molecule has 5 nitrogen and oxygen atoms in total. The van der Waals surface area contributed by atoms with Crippen LogP contribution in [0.2, 0.25) is 5.02 Å². The molecule has 3 rings (SSSR count). The predicted octanol–water partition coefficient (Wildman–Crippen LogP) is 5.21. The number of anilines is 1. The molecule has 0 radical (unpaired) electrons. The van der Waals surface area contributed by atoms with Crippen molar-refractivity contribution in [3.8, 4) is 0 Å². The van der Waals surface area contributed by atoms with Crippen molar-refractivity contribution in [1.29, 1.82) is 0 Å². The minimum absolute atomic E-state index is 0.153. The number of hydrogen-bond acceptors (Lipinski definition) is 3. The number of amides is 1. The van der Waals surface area contributed by atoms with E-state index in [9.17, 15) is 13.2 Å². The van der Waals surface area contributed by atoms with Crippen molar-refractivity contribution in [2.75, 3.05) is 17.4 Å². The summed E-state index contributed by atoms with van der Waals surface area (Å²) in [5, 5.41) is 3.55. The summed E-state index contributed by atoms with van der Waals surface area (Å²) in [6.45, 7) is 5.81. The molecule has 0 heterocycles. The Balaban J connectivity index is 1.77. The highest BCUT2D eigenvalue weighted by atomic mass is 35.5. The largest absolute Gasteiger partial charge is 0.355 e. The molecule has 0 saturated heterocycles. The van der Waals surface area contributed by atoms with Crippen LogP contribution in [0.1, 0.15) is 28.7 Å². The molecule has 0 saturated carbocycles. The molecule has 0 aliphatic heterocycles. The number of benzene rings is 3. The third-order valence-electron chi connectivity index (χ3n) is 5.64. The minimum atomic E-state index is -3.93. The molecule has 174 valence electrons. The van der Waals surface area contributed by atoms with Crippen LogP contribution in [0.5, 0.6) is 0 Å². The third kappa shape index (κ3) is 6.15. The Kier molecular flexibility index (Phi) is 8.16. The van der Waals surface area contributed by atoms with Crippen molar-refractivity contribution >= 4 is 33.2 Å². The topological polar surface area (TPSA) is 66.5 Å². The Morgan fingerprint density at radius 3 is 2.33 bits per heavy atom. The van der Waals surface area contributed by atoms with Crippen molar-refractivity contribution in [1.82, 2.24) is 5.32 Å². The van der Waals surface area contributed by atoms with Crippen molar-refractivity contribution in [3.63, 3.8) is 0 Å². The van der Waals surface area contributed by atoms with Gasteiger partial charge in [0, 0.05) is 11.6 Å². The number of aryl methyl sites for hydroxylation is 3. The average molecular weight is 485 g/mol. The zero-order valence-corrected chi connectivity index (χ0v) is 20.7. The molecule has 0 aromatic heterocycles. The van der Waals surface area contributed by atoms with Crippen LogP contribution in [0.3, 0.4) is 0 Å². The van der Waals surface area contributed by atoms with Crippen LogP contribution < -0.4 is 9.62 Å². The molecule has 0 aliphatic rings. The lowest BCUT2D eigenvalue weighted by Gasteiger charge is -2.26. The van der Waals surface area contributed by atoms with E-state index < -0.39 is 10.0 Å². The van der Waals surface area contributed by atoms with Crippen LogP contribution in [0, 0.1) is 20.8 Å². The molecule has 0 atom stereocenters. The summed E-state index contributed by atoms with van der Waals surface area (Å²) in [6, 6.07) is 19.7. The van der Waals surface area contributed by atoms with Crippen molar-refractivity contribution in [2.24, 2.45) is 0 Å². The highest BCUT2D eigenvalue weighted by Crippen LogP contribution is 2.28. The normalized spacial score (nSPS) is 11.3.